The minimum atomic E-state index is -0.758. The van der Waals surface area contributed by atoms with Gasteiger partial charge in [-0.3, -0.25) is 4.79 Å². The van der Waals surface area contributed by atoms with Crippen molar-refractivity contribution in [2.75, 3.05) is 0 Å². The van der Waals surface area contributed by atoms with E-state index in [0.29, 0.717) is 12.2 Å². The molecule has 0 saturated heterocycles. The number of unbranched alkanes of at least 4 members (excludes halogenated alkanes) is 15. The van der Waals surface area contributed by atoms with Gasteiger partial charge < -0.3 is 10.2 Å². The second-order valence-electron chi connectivity index (χ2n) is 13.4. The first-order valence-electron chi connectivity index (χ1n) is 15.5. The quantitative estimate of drug-likeness (QED) is 0.180. The summed E-state index contributed by atoms with van der Waals surface area (Å²) in [4.78, 5) is 12.2. The Morgan fingerprint density at radius 1 is 0.649 bits per heavy atom. The number of carbonyl (C=O) groups is 1. The fourth-order valence-corrected chi connectivity index (χ4v) is 5.33. The predicted molar refractivity (Wildman–Crippen MR) is 160 cm³/mol. The van der Waals surface area contributed by atoms with Gasteiger partial charge in [0, 0.05) is 0 Å². The molecule has 0 aliphatic rings. The summed E-state index contributed by atoms with van der Waals surface area (Å²) in [6, 6.07) is 3.88. The van der Waals surface area contributed by atoms with Crippen molar-refractivity contribution in [3.05, 3.63) is 28.8 Å². The standard InChI is InChI=1S/C34H60O3/c1-8-9-10-11-12-13-14-15-16-17-18-19-20-21-22-23-24-28(32(36)37)27-25-29(33(2,3)4)31(35)30(26-27)34(5,6)7/h25-26,28,35H,8-24H2,1-7H3,(H,36,37). The van der Waals surface area contributed by atoms with Crippen LogP contribution in [-0.2, 0) is 15.6 Å². The van der Waals surface area contributed by atoms with E-state index in [9.17, 15) is 15.0 Å². The number of benzene rings is 1. The lowest BCUT2D eigenvalue weighted by atomic mass is 9.76. The summed E-state index contributed by atoms with van der Waals surface area (Å²) >= 11 is 0. The van der Waals surface area contributed by atoms with Crippen LogP contribution < -0.4 is 0 Å². The molecular formula is C34H60O3. The summed E-state index contributed by atoms with van der Waals surface area (Å²) in [5.41, 5.74) is 2.01. The fraction of sp³-hybridized carbons (Fsp3) is 0.794. The molecule has 3 heteroatoms. The van der Waals surface area contributed by atoms with E-state index < -0.39 is 11.9 Å². The summed E-state index contributed by atoms with van der Waals surface area (Å²) in [5.74, 6) is -0.962. The molecule has 0 aliphatic carbocycles. The average molecular weight is 517 g/mol. The Morgan fingerprint density at radius 3 is 1.27 bits per heavy atom. The van der Waals surface area contributed by atoms with E-state index in [4.69, 9.17) is 0 Å². The Hall–Kier alpha value is -1.51. The molecular weight excluding hydrogens is 456 g/mol. The van der Waals surface area contributed by atoms with Crippen LogP contribution in [0.4, 0.5) is 0 Å². The van der Waals surface area contributed by atoms with E-state index in [1.165, 1.54) is 89.9 Å². The van der Waals surface area contributed by atoms with Gasteiger partial charge in [-0.05, 0) is 33.9 Å². The van der Waals surface area contributed by atoms with Crippen LogP contribution in [-0.4, -0.2) is 16.2 Å². The first kappa shape index (κ1) is 33.5. The normalized spacial score (nSPS) is 13.2. The lowest BCUT2D eigenvalue weighted by molar-refractivity contribution is -0.139. The van der Waals surface area contributed by atoms with Crippen molar-refractivity contribution < 1.29 is 15.0 Å². The van der Waals surface area contributed by atoms with Crippen molar-refractivity contribution in [1.82, 2.24) is 0 Å². The van der Waals surface area contributed by atoms with Crippen molar-refractivity contribution in [1.29, 1.82) is 0 Å². The van der Waals surface area contributed by atoms with Crippen LogP contribution in [0.15, 0.2) is 12.1 Å². The summed E-state index contributed by atoms with van der Waals surface area (Å²) in [6.07, 6.45) is 21.8. The molecule has 1 aromatic rings. The van der Waals surface area contributed by atoms with Crippen molar-refractivity contribution in [3.63, 3.8) is 0 Å². The van der Waals surface area contributed by atoms with Gasteiger partial charge in [0.1, 0.15) is 5.75 Å². The highest BCUT2D eigenvalue weighted by Crippen LogP contribution is 2.41. The molecule has 37 heavy (non-hydrogen) atoms. The number of aromatic hydroxyl groups is 1. The highest BCUT2D eigenvalue weighted by Gasteiger charge is 2.29. The molecule has 1 atom stereocenters. The minimum absolute atomic E-state index is 0.253. The monoisotopic (exact) mass is 516 g/mol. The molecule has 0 amide bonds. The van der Waals surface area contributed by atoms with E-state index in [0.717, 1.165) is 29.5 Å². The zero-order valence-electron chi connectivity index (χ0n) is 25.6. The SMILES string of the molecule is CCCCCCCCCCCCCCCCCCC(C(=O)O)c1cc(C(C)(C)C)c(O)c(C(C)(C)C)c1. The van der Waals surface area contributed by atoms with Gasteiger partial charge in [0.2, 0.25) is 0 Å². The van der Waals surface area contributed by atoms with Crippen molar-refractivity contribution >= 4 is 5.97 Å². The molecule has 1 rings (SSSR count). The molecule has 0 aliphatic heterocycles. The van der Waals surface area contributed by atoms with Crippen LogP contribution in [0.1, 0.15) is 180 Å². The predicted octanol–water partition coefficient (Wildman–Crippen LogP) is 10.8. The summed E-state index contributed by atoms with van der Waals surface area (Å²) in [6.45, 7) is 14.7. The molecule has 1 aromatic carbocycles. The Bertz CT molecular complexity index is 731. The van der Waals surface area contributed by atoms with Crippen LogP contribution in [0.25, 0.3) is 0 Å². The van der Waals surface area contributed by atoms with Gasteiger partial charge >= 0.3 is 5.97 Å². The van der Waals surface area contributed by atoms with Crippen LogP contribution in [0, 0.1) is 0 Å². The van der Waals surface area contributed by atoms with Gasteiger partial charge in [0.25, 0.3) is 0 Å². The first-order valence-corrected chi connectivity index (χ1v) is 15.5. The van der Waals surface area contributed by atoms with Gasteiger partial charge in [0.05, 0.1) is 5.92 Å². The average Bonchev–Trinajstić information content (AvgIpc) is 2.80. The maximum atomic E-state index is 12.2. The van der Waals surface area contributed by atoms with E-state index in [2.05, 4.69) is 48.5 Å². The van der Waals surface area contributed by atoms with Gasteiger partial charge in [-0.25, -0.2) is 0 Å². The number of phenolic OH excluding ortho intramolecular Hbond substituents is 1. The maximum absolute atomic E-state index is 12.2. The summed E-state index contributed by atoms with van der Waals surface area (Å²) in [5, 5.41) is 21.0. The van der Waals surface area contributed by atoms with Crippen LogP contribution in [0.3, 0.4) is 0 Å². The third-order valence-corrected chi connectivity index (χ3v) is 7.80. The molecule has 0 radical (unpaired) electrons. The number of hydrogen-bond acceptors (Lipinski definition) is 2. The third-order valence-electron chi connectivity index (χ3n) is 7.80. The van der Waals surface area contributed by atoms with E-state index in [1.54, 1.807) is 0 Å². The van der Waals surface area contributed by atoms with Gasteiger partial charge in [-0.2, -0.15) is 0 Å². The van der Waals surface area contributed by atoms with Crippen molar-refractivity contribution in [3.8, 4) is 5.75 Å². The molecule has 214 valence electrons. The molecule has 0 saturated carbocycles. The second kappa shape index (κ2) is 17.2. The summed E-state index contributed by atoms with van der Waals surface area (Å²) < 4.78 is 0. The number of carboxylic acid groups (broad SMARTS) is 1. The molecule has 2 N–H and O–H groups in total. The second-order valence-corrected chi connectivity index (χ2v) is 13.4. The van der Waals surface area contributed by atoms with Crippen molar-refractivity contribution in [2.24, 2.45) is 0 Å². The fourth-order valence-electron chi connectivity index (χ4n) is 5.33. The molecule has 0 aromatic heterocycles. The van der Waals surface area contributed by atoms with Gasteiger partial charge in [0.15, 0.2) is 0 Å². The molecule has 0 heterocycles. The largest absolute Gasteiger partial charge is 0.507 e. The molecule has 0 fully saturated rings. The number of hydrogen-bond donors (Lipinski definition) is 2. The van der Waals surface area contributed by atoms with Crippen LogP contribution >= 0.6 is 0 Å². The topological polar surface area (TPSA) is 57.5 Å². The van der Waals surface area contributed by atoms with Crippen LogP contribution in [0.2, 0.25) is 0 Å². The Balaban J connectivity index is 2.40. The van der Waals surface area contributed by atoms with Crippen molar-refractivity contribution in [2.45, 2.75) is 174 Å². The third kappa shape index (κ3) is 13.2. The lowest BCUT2D eigenvalue weighted by Gasteiger charge is -2.29. The molecule has 0 bridgehead atoms. The van der Waals surface area contributed by atoms with Gasteiger partial charge in [-0.1, -0.05) is 163 Å². The number of phenols is 1. The zero-order chi connectivity index (χ0) is 27.9. The Labute approximate surface area is 229 Å². The Kier molecular flexibility index (Phi) is 15.5. The highest BCUT2D eigenvalue weighted by atomic mass is 16.4. The van der Waals surface area contributed by atoms with E-state index in [1.807, 2.05) is 12.1 Å². The highest BCUT2D eigenvalue weighted by molar-refractivity contribution is 5.76. The number of aliphatic carboxylic acids is 1. The smallest absolute Gasteiger partial charge is 0.310 e. The number of carboxylic acids is 1. The van der Waals surface area contributed by atoms with E-state index in [-0.39, 0.29) is 10.8 Å². The van der Waals surface area contributed by atoms with E-state index >= 15 is 0 Å². The molecule has 0 spiro atoms. The number of rotatable bonds is 19. The summed E-state index contributed by atoms with van der Waals surface area (Å²) in [7, 11) is 0. The van der Waals surface area contributed by atoms with Gasteiger partial charge in [-0.15, -0.1) is 0 Å². The maximum Gasteiger partial charge on any atom is 0.310 e. The first-order chi connectivity index (χ1) is 17.4. The molecule has 3 nitrogen and oxygen atoms in total. The molecule has 1 unspecified atom stereocenters. The minimum Gasteiger partial charge on any atom is -0.507 e. The zero-order valence-corrected chi connectivity index (χ0v) is 25.6. The van der Waals surface area contributed by atoms with Crippen LogP contribution in [0.5, 0.6) is 5.75 Å². The Morgan fingerprint density at radius 2 is 0.973 bits per heavy atom. The lowest BCUT2D eigenvalue weighted by Crippen LogP contribution is -2.20.